The summed E-state index contributed by atoms with van der Waals surface area (Å²) in [6.45, 7) is 6.60. The average Bonchev–Trinajstić information content (AvgIpc) is 3.27. The number of rotatable bonds is 8. The zero-order valence-electron chi connectivity index (χ0n) is 21.8. The molecule has 3 N–H and O–H groups in total. The van der Waals surface area contributed by atoms with Gasteiger partial charge in [-0.2, -0.15) is 0 Å². The summed E-state index contributed by atoms with van der Waals surface area (Å²) in [5.41, 5.74) is 0.813. The molecule has 2 aliphatic heterocycles. The first-order valence-corrected chi connectivity index (χ1v) is 15.5. The molecular formula is C27H35FN2O6Si. The van der Waals surface area contributed by atoms with Crippen molar-refractivity contribution in [3.8, 4) is 5.75 Å². The molecule has 0 aromatic heterocycles. The quantitative estimate of drug-likeness (QED) is 0.355. The molecule has 200 valence electrons. The van der Waals surface area contributed by atoms with E-state index in [4.69, 9.17) is 9.47 Å². The number of fused-ring (bicyclic) bond motifs is 2. The Bertz CT molecular complexity index is 1170. The molecule has 2 aliphatic rings. The molecule has 2 aromatic rings. The maximum atomic E-state index is 15.6. The first-order valence-electron chi connectivity index (χ1n) is 12.5. The molecule has 0 radical (unpaired) electrons. The number of hydrogen-bond acceptors (Lipinski definition) is 6. The fourth-order valence-electron chi connectivity index (χ4n) is 5.83. The van der Waals surface area contributed by atoms with Gasteiger partial charge in [-0.25, -0.2) is 0 Å². The number of aliphatic hydroxyl groups is 2. The number of carbonyl (C=O) groups is 2. The van der Waals surface area contributed by atoms with Crippen LogP contribution in [0.15, 0.2) is 42.5 Å². The number of halogens is 1. The number of aliphatic hydroxyl groups excluding tert-OH is 2. The lowest BCUT2D eigenvalue weighted by Gasteiger charge is -2.31. The minimum Gasteiger partial charge on any atom is -0.497 e. The third-order valence-electron chi connectivity index (χ3n) is 7.52. The van der Waals surface area contributed by atoms with Gasteiger partial charge in [-0.3, -0.25) is 9.59 Å². The van der Waals surface area contributed by atoms with Gasteiger partial charge < -0.3 is 34.0 Å². The Morgan fingerprint density at radius 1 is 1.27 bits per heavy atom. The van der Waals surface area contributed by atoms with Crippen molar-refractivity contribution in [3.05, 3.63) is 53.6 Å². The summed E-state index contributed by atoms with van der Waals surface area (Å²) in [7, 11) is -1.72. The van der Waals surface area contributed by atoms with Gasteiger partial charge in [-0.1, -0.05) is 19.1 Å². The molecule has 0 saturated carbocycles. The van der Waals surface area contributed by atoms with E-state index in [0.717, 1.165) is 5.56 Å². The Balaban J connectivity index is 1.71. The molecule has 4 rings (SSSR count). The number of ether oxygens (including phenoxy) is 2. The Kier molecular flexibility index (Phi) is 7.49. The largest absolute Gasteiger partial charge is 0.497 e. The smallest absolute Gasteiger partial charge is 0.264 e. The van der Waals surface area contributed by atoms with Gasteiger partial charge in [0.25, 0.3) is 11.8 Å². The van der Waals surface area contributed by atoms with Crippen LogP contribution >= 0.6 is 0 Å². The Hall–Kier alpha value is -2.79. The van der Waals surface area contributed by atoms with Gasteiger partial charge in [-0.15, -0.1) is 0 Å². The van der Waals surface area contributed by atoms with Gasteiger partial charge >= 0.3 is 0 Å². The molecule has 2 heterocycles. The highest BCUT2D eigenvalue weighted by molar-refractivity contribution is 6.72. The van der Waals surface area contributed by atoms with Crippen LogP contribution in [0.2, 0.25) is 18.6 Å². The number of carbonyl (C=O) groups excluding carboxylic acids is 2. The average molecular weight is 531 g/mol. The summed E-state index contributed by atoms with van der Waals surface area (Å²) in [6, 6.07) is 12.4. The normalized spacial score (nSPS) is 25.9. The third kappa shape index (κ3) is 4.79. The fraction of sp³-hybridized carbons (Fsp3) is 0.481. The topological polar surface area (TPSA) is 108 Å². The lowest BCUT2D eigenvalue weighted by molar-refractivity contribution is -0.146. The van der Waals surface area contributed by atoms with Gasteiger partial charge in [0.15, 0.2) is 5.60 Å². The molecule has 37 heavy (non-hydrogen) atoms. The van der Waals surface area contributed by atoms with E-state index in [1.54, 1.807) is 61.5 Å². The maximum absolute atomic E-state index is 15.6. The fourth-order valence-corrected chi connectivity index (χ4v) is 8.37. The summed E-state index contributed by atoms with van der Waals surface area (Å²) in [5.74, 6) is -0.651. The number of benzene rings is 2. The summed E-state index contributed by atoms with van der Waals surface area (Å²) >= 11 is 0. The van der Waals surface area contributed by atoms with Crippen LogP contribution in [0.1, 0.15) is 31.4 Å². The summed E-state index contributed by atoms with van der Waals surface area (Å²) in [5, 5.41) is 21.7. The zero-order valence-corrected chi connectivity index (χ0v) is 22.8. The van der Waals surface area contributed by atoms with E-state index in [-0.39, 0.29) is 25.5 Å². The van der Waals surface area contributed by atoms with E-state index in [9.17, 15) is 19.8 Å². The van der Waals surface area contributed by atoms with Gasteiger partial charge in [0.1, 0.15) is 11.9 Å². The molecule has 0 aliphatic carbocycles. The number of anilines is 2. The minimum atomic E-state index is -3.27. The van der Waals surface area contributed by atoms with Crippen molar-refractivity contribution in [2.75, 3.05) is 23.9 Å². The molecule has 0 bridgehead atoms. The van der Waals surface area contributed by atoms with Crippen LogP contribution in [0.5, 0.6) is 5.75 Å². The number of nitrogens with one attached hydrogen (secondary N) is 1. The number of nitrogens with zero attached hydrogens (tertiary/aromatic N) is 1. The SMILES string of the molecule is COc1ccc2c(c1)[C@@]1(O[C@H](CCO)[C@@H]([Si](C)(C)F)[C@@H]1C)C(=O)N2Cc1ccc(NC(=O)[C@H](C)O)cc1. The predicted octanol–water partition coefficient (Wildman–Crippen LogP) is 3.72. The van der Waals surface area contributed by atoms with Crippen LogP contribution in [-0.4, -0.2) is 56.4 Å². The Morgan fingerprint density at radius 3 is 2.51 bits per heavy atom. The van der Waals surface area contributed by atoms with E-state index in [2.05, 4.69) is 5.32 Å². The lowest BCUT2D eigenvalue weighted by Crippen LogP contribution is -2.45. The van der Waals surface area contributed by atoms with Crippen LogP contribution in [0.3, 0.4) is 0 Å². The van der Waals surface area contributed by atoms with Crippen molar-refractivity contribution in [1.29, 1.82) is 0 Å². The van der Waals surface area contributed by atoms with Crippen molar-refractivity contribution < 1.29 is 33.4 Å². The molecule has 1 saturated heterocycles. The van der Waals surface area contributed by atoms with Gasteiger partial charge in [0.05, 0.1) is 25.4 Å². The molecule has 2 aromatic carbocycles. The van der Waals surface area contributed by atoms with E-state index < -0.39 is 43.6 Å². The van der Waals surface area contributed by atoms with E-state index in [0.29, 0.717) is 22.7 Å². The second kappa shape index (κ2) is 10.2. The van der Waals surface area contributed by atoms with Gasteiger partial charge in [-0.05, 0) is 62.3 Å². The molecular weight excluding hydrogens is 495 g/mol. The van der Waals surface area contributed by atoms with Crippen molar-refractivity contribution in [1.82, 2.24) is 0 Å². The third-order valence-corrected chi connectivity index (χ3v) is 9.98. The van der Waals surface area contributed by atoms with Crippen LogP contribution in [0.25, 0.3) is 0 Å². The minimum absolute atomic E-state index is 0.157. The van der Waals surface area contributed by atoms with E-state index >= 15 is 4.11 Å². The zero-order chi connectivity index (χ0) is 27.1. The number of hydrogen-bond donors (Lipinski definition) is 3. The summed E-state index contributed by atoms with van der Waals surface area (Å²) in [6.07, 6.45) is -1.45. The first-order chi connectivity index (χ1) is 17.4. The number of amides is 2. The van der Waals surface area contributed by atoms with Crippen molar-refractivity contribution >= 4 is 31.6 Å². The summed E-state index contributed by atoms with van der Waals surface area (Å²) < 4.78 is 27.6. The summed E-state index contributed by atoms with van der Waals surface area (Å²) in [4.78, 5) is 27.6. The highest BCUT2D eigenvalue weighted by Gasteiger charge is 2.66. The second-order valence-electron chi connectivity index (χ2n) is 10.4. The maximum Gasteiger partial charge on any atom is 0.264 e. The molecule has 8 nitrogen and oxygen atoms in total. The van der Waals surface area contributed by atoms with Crippen molar-refractivity contribution in [2.24, 2.45) is 5.92 Å². The Morgan fingerprint density at radius 2 is 1.95 bits per heavy atom. The molecule has 0 unspecified atom stereocenters. The standard InChI is InChI=1S/C27H35FN2O6Si/c1-16-24(37(4,5)28)23(12-13-31)36-27(16)21-14-20(35-3)10-11-22(21)30(26(27)34)15-18-6-8-19(9-7-18)29-25(33)17(2)32/h6-11,14,16-17,23-24,31-32H,12-13,15H2,1-5H3,(H,29,33)/t16-,17-,23+,24-,27+/m0/s1. The monoisotopic (exact) mass is 530 g/mol. The van der Waals surface area contributed by atoms with Crippen molar-refractivity contribution in [3.63, 3.8) is 0 Å². The van der Waals surface area contributed by atoms with Crippen LogP contribution in [-0.2, 0) is 26.5 Å². The van der Waals surface area contributed by atoms with Crippen LogP contribution in [0.4, 0.5) is 15.5 Å². The number of methoxy groups -OCH3 is 1. The molecule has 1 fully saturated rings. The van der Waals surface area contributed by atoms with Crippen LogP contribution < -0.4 is 15.0 Å². The van der Waals surface area contributed by atoms with E-state index in [1.165, 1.54) is 6.92 Å². The highest BCUT2D eigenvalue weighted by Crippen LogP contribution is 2.60. The molecule has 5 atom stereocenters. The first kappa shape index (κ1) is 27.2. The lowest BCUT2D eigenvalue weighted by atomic mass is 9.82. The molecule has 1 spiro atoms. The Labute approximate surface area is 217 Å². The predicted molar refractivity (Wildman–Crippen MR) is 141 cm³/mol. The molecule has 2 amide bonds. The van der Waals surface area contributed by atoms with E-state index in [1.807, 2.05) is 13.0 Å². The second-order valence-corrected chi connectivity index (χ2v) is 14.2. The van der Waals surface area contributed by atoms with Crippen molar-refractivity contribution in [2.45, 2.75) is 63.3 Å². The highest BCUT2D eigenvalue weighted by atomic mass is 28.4. The van der Waals surface area contributed by atoms with Gasteiger partial charge in [0.2, 0.25) is 8.41 Å². The molecule has 10 heteroatoms. The van der Waals surface area contributed by atoms with Gasteiger partial charge in [0, 0.05) is 29.3 Å². The van der Waals surface area contributed by atoms with Crippen LogP contribution in [0, 0.1) is 5.92 Å².